The van der Waals surface area contributed by atoms with Gasteiger partial charge in [0, 0.05) is 35.1 Å². The Kier molecular flexibility index (Phi) is 5.66. The van der Waals surface area contributed by atoms with Crippen LogP contribution in [0.15, 0.2) is 53.1 Å². The highest BCUT2D eigenvalue weighted by atomic mass is 79.9. The highest BCUT2D eigenvalue weighted by Gasteiger charge is 2.08. The summed E-state index contributed by atoms with van der Waals surface area (Å²) in [5.74, 6) is -0.212. The van der Waals surface area contributed by atoms with Gasteiger partial charge >= 0.3 is 0 Å². The summed E-state index contributed by atoms with van der Waals surface area (Å²) in [6.07, 6.45) is 4.81. The molecule has 21 heavy (non-hydrogen) atoms. The van der Waals surface area contributed by atoms with E-state index in [1.165, 1.54) is 6.08 Å². The van der Waals surface area contributed by atoms with E-state index in [2.05, 4.69) is 26.2 Å². The highest BCUT2D eigenvalue weighted by Crippen LogP contribution is 2.25. The number of carbonyl (C=O) groups excluding carboxylic acids is 1. The molecular formula is C16H15BrN2O2. The fourth-order valence-corrected chi connectivity index (χ4v) is 2.26. The first-order valence-corrected chi connectivity index (χ1v) is 7.16. The number of hydrogen-bond acceptors (Lipinski definition) is 3. The van der Waals surface area contributed by atoms with Crippen LogP contribution in [-0.2, 0) is 16.1 Å². The molecule has 1 heterocycles. The van der Waals surface area contributed by atoms with Crippen LogP contribution in [0.3, 0.4) is 0 Å². The van der Waals surface area contributed by atoms with E-state index in [1.54, 1.807) is 19.4 Å². The molecule has 0 aliphatic heterocycles. The molecule has 0 aliphatic carbocycles. The van der Waals surface area contributed by atoms with Crippen LogP contribution >= 0.6 is 15.9 Å². The van der Waals surface area contributed by atoms with Crippen molar-refractivity contribution in [3.8, 4) is 0 Å². The SMILES string of the molecule is COCc1c(Br)cccc1NC(=O)/C=C\c1ccccn1. The predicted octanol–water partition coefficient (Wildman–Crippen LogP) is 3.64. The lowest BCUT2D eigenvalue weighted by Crippen LogP contribution is -2.10. The van der Waals surface area contributed by atoms with Gasteiger partial charge in [-0.3, -0.25) is 9.78 Å². The fraction of sp³-hybridized carbons (Fsp3) is 0.125. The van der Waals surface area contributed by atoms with Crippen molar-refractivity contribution in [3.63, 3.8) is 0 Å². The molecule has 1 aromatic heterocycles. The molecule has 2 aromatic rings. The second-order valence-electron chi connectivity index (χ2n) is 4.28. The molecule has 108 valence electrons. The topological polar surface area (TPSA) is 51.2 Å². The number of ether oxygens (including phenoxy) is 1. The van der Waals surface area contributed by atoms with Crippen molar-refractivity contribution in [1.82, 2.24) is 4.98 Å². The molecule has 0 unspecified atom stereocenters. The molecule has 1 N–H and O–H groups in total. The second kappa shape index (κ2) is 7.71. The van der Waals surface area contributed by atoms with Gasteiger partial charge in [0.25, 0.3) is 0 Å². The standard InChI is InChI=1S/C16H15BrN2O2/c1-21-11-13-14(17)6-4-7-15(13)19-16(20)9-8-12-5-2-3-10-18-12/h2-10H,11H2,1H3,(H,19,20)/b9-8-. The molecule has 0 spiro atoms. The number of methoxy groups -OCH3 is 1. The van der Waals surface area contributed by atoms with Crippen molar-refractivity contribution in [3.05, 3.63) is 64.4 Å². The first kappa shape index (κ1) is 15.4. The summed E-state index contributed by atoms with van der Waals surface area (Å²) in [7, 11) is 1.62. The molecule has 0 aliphatic rings. The Labute approximate surface area is 132 Å². The van der Waals surface area contributed by atoms with E-state index in [0.29, 0.717) is 6.61 Å². The van der Waals surface area contributed by atoms with Gasteiger partial charge < -0.3 is 10.1 Å². The van der Waals surface area contributed by atoms with Crippen molar-refractivity contribution < 1.29 is 9.53 Å². The van der Waals surface area contributed by atoms with Gasteiger partial charge in [-0.15, -0.1) is 0 Å². The Morgan fingerprint density at radius 1 is 1.33 bits per heavy atom. The first-order valence-electron chi connectivity index (χ1n) is 6.37. The highest BCUT2D eigenvalue weighted by molar-refractivity contribution is 9.10. The zero-order chi connectivity index (χ0) is 15.1. The van der Waals surface area contributed by atoms with Gasteiger partial charge in [0.15, 0.2) is 0 Å². The van der Waals surface area contributed by atoms with E-state index < -0.39 is 0 Å². The lowest BCUT2D eigenvalue weighted by Gasteiger charge is -2.11. The predicted molar refractivity (Wildman–Crippen MR) is 86.8 cm³/mol. The van der Waals surface area contributed by atoms with Gasteiger partial charge in [-0.1, -0.05) is 28.1 Å². The van der Waals surface area contributed by atoms with Gasteiger partial charge in [0.1, 0.15) is 0 Å². The fourth-order valence-electron chi connectivity index (χ4n) is 1.78. The van der Waals surface area contributed by atoms with Crippen LogP contribution in [0.4, 0.5) is 5.69 Å². The molecule has 0 bridgehead atoms. The number of halogens is 1. The average Bonchev–Trinajstić information content (AvgIpc) is 2.50. The van der Waals surface area contributed by atoms with Gasteiger partial charge in [0.2, 0.25) is 5.91 Å². The zero-order valence-corrected chi connectivity index (χ0v) is 13.1. The van der Waals surface area contributed by atoms with E-state index in [9.17, 15) is 4.79 Å². The second-order valence-corrected chi connectivity index (χ2v) is 5.13. The summed E-state index contributed by atoms with van der Waals surface area (Å²) in [6, 6.07) is 11.1. The number of aromatic nitrogens is 1. The Balaban J connectivity index is 2.09. The number of rotatable bonds is 5. The minimum atomic E-state index is -0.212. The number of pyridine rings is 1. The molecule has 2 rings (SSSR count). The van der Waals surface area contributed by atoms with Crippen LogP contribution in [0.5, 0.6) is 0 Å². The number of hydrogen-bond donors (Lipinski definition) is 1. The van der Waals surface area contributed by atoms with Gasteiger partial charge in [-0.25, -0.2) is 0 Å². The van der Waals surface area contributed by atoms with E-state index in [4.69, 9.17) is 4.74 Å². The Morgan fingerprint density at radius 3 is 2.90 bits per heavy atom. The Morgan fingerprint density at radius 2 is 2.19 bits per heavy atom. The number of amides is 1. The van der Waals surface area contributed by atoms with Crippen molar-refractivity contribution in [2.45, 2.75) is 6.61 Å². The van der Waals surface area contributed by atoms with E-state index in [0.717, 1.165) is 21.4 Å². The number of carbonyl (C=O) groups is 1. The van der Waals surface area contributed by atoms with Crippen LogP contribution in [0.2, 0.25) is 0 Å². The van der Waals surface area contributed by atoms with Gasteiger partial charge in [-0.05, 0) is 30.3 Å². The maximum atomic E-state index is 12.0. The van der Waals surface area contributed by atoms with E-state index in [1.807, 2.05) is 36.4 Å². The summed E-state index contributed by atoms with van der Waals surface area (Å²) < 4.78 is 6.05. The molecule has 1 amide bonds. The van der Waals surface area contributed by atoms with E-state index in [-0.39, 0.29) is 5.91 Å². The maximum absolute atomic E-state index is 12.0. The Hall–Kier alpha value is -1.98. The molecule has 0 atom stereocenters. The van der Waals surface area contributed by atoms with Crippen LogP contribution in [0.1, 0.15) is 11.3 Å². The van der Waals surface area contributed by atoms with Crippen LogP contribution in [-0.4, -0.2) is 18.0 Å². The smallest absolute Gasteiger partial charge is 0.248 e. The lowest BCUT2D eigenvalue weighted by molar-refractivity contribution is -0.111. The number of anilines is 1. The molecule has 0 saturated heterocycles. The third kappa shape index (κ3) is 4.51. The molecule has 0 fully saturated rings. The minimum absolute atomic E-state index is 0.212. The van der Waals surface area contributed by atoms with Crippen molar-refractivity contribution in [2.75, 3.05) is 12.4 Å². The number of nitrogens with zero attached hydrogens (tertiary/aromatic N) is 1. The summed E-state index contributed by atoms with van der Waals surface area (Å²) in [6.45, 7) is 0.418. The van der Waals surface area contributed by atoms with Crippen molar-refractivity contribution >= 4 is 33.6 Å². The van der Waals surface area contributed by atoms with Crippen molar-refractivity contribution in [1.29, 1.82) is 0 Å². The maximum Gasteiger partial charge on any atom is 0.248 e. The van der Waals surface area contributed by atoms with Crippen molar-refractivity contribution in [2.24, 2.45) is 0 Å². The molecule has 0 saturated carbocycles. The summed E-state index contributed by atoms with van der Waals surface area (Å²) in [5.41, 5.74) is 2.36. The molecule has 5 heteroatoms. The number of nitrogens with one attached hydrogen (secondary N) is 1. The van der Waals surface area contributed by atoms with Crippen LogP contribution in [0.25, 0.3) is 6.08 Å². The average molecular weight is 347 g/mol. The third-order valence-corrected chi connectivity index (χ3v) is 3.50. The summed E-state index contributed by atoms with van der Waals surface area (Å²) in [5, 5.41) is 2.84. The normalized spacial score (nSPS) is 10.8. The third-order valence-electron chi connectivity index (χ3n) is 2.76. The first-order chi connectivity index (χ1) is 10.2. The lowest BCUT2D eigenvalue weighted by atomic mass is 10.2. The monoisotopic (exact) mass is 346 g/mol. The quantitative estimate of drug-likeness (QED) is 0.840. The van der Waals surface area contributed by atoms with Gasteiger partial charge in [0.05, 0.1) is 12.3 Å². The zero-order valence-electron chi connectivity index (χ0n) is 11.5. The summed E-state index contributed by atoms with van der Waals surface area (Å²) in [4.78, 5) is 16.1. The Bertz CT molecular complexity index is 642. The van der Waals surface area contributed by atoms with Gasteiger partial charge in [-0.2, -0.15) is 0 Å². The summed E-state index contributed by atoms with van der Waals surface area (Å²) >= 11 is 3.45. The largest absolute Gasteiger partial charge is 0.380 e. The molecule has 4 nitrogen and oxygen atoms in total. The number of benzene rings is 1. The molecule has 1 aromatic carbocycles. The molecular weight excluding hydrogens is 332 g/mol. The van der Waals surface area contributed by atoms with Crippen LogP contribution < -0.4 is 5.32 Å². The van der Waals surface area contributed by atoms with E-state index >= 15 is 0 Å². The van der Waals surface area contributed by atoms with Crippen LogP contribution in [0, 0.1) is 0 Å². The molecule has 0 radical (unpaired) electrons. The minimum Gasteiger partial charge on any atom is -0.380 e.